The molecular formula is C19H33NO. The van der Waals surface area contributed by atoms with Gasteiger partial charge in [0, 0.05) is 11.6 Å². The Morgan fingerprint density at radius 3 is 2.33 bits per heavy atom. The van der Waals surface area contributed by atoms with Crippen molar-refractivity contribution in [1.82, 2.24) is 5.32 Å². The molecular weight excluding hydrogens is 258 g/mol. The standard InChI is InChI=1S/C19H33NO/c1-6-7-8-9-10-11-12-17(20-4)19-16(3)13-15(2)14-18(19)21-5/h13-14,17,20H,6-12H2,1-5H3. The molecule has 1 aromatic carbocycles. The predicted octanol–water partition coefficient (Wildman–Crippen LogP) is 5.32. The summed E-state index contributed by atoms with van der Waals surface area (Å²) in [6, 6.07) is 4.80. The molecule has 0 saturated carbocycles. The fraction of sp³-hybridized carbons (Fsp3) is 0.684. The van der Waals surface area contributed by atoms with Gasteiger partial charge in [0.1, 0.15) is 5.75 Å². The predicted molar refractivity (Wildman–Crippen MR) is 92.3 cm³/mol. The van der Waals surface area contributed by atoms with Gasteiger partial charge in [-0.1, -0.05) is 51.5 Å². The van der Waals surface area contributed by atoms with Crippen LogP contribution in [0.15, 0.2) is 12.1 Å². The minimum absolute atomic E-state index is 0.395. The van der Waals surface area contributed by atoms with Crippen LogP contribution in [0.5, 0.6) is 5.75 Å². The molecule has 0 heterocycles. The minimum atomic E-state index is 0.395. The van der Waals surface area contributed by atoms with Gasteiger partial charge in [0.2, 0.25) is 0 Å². The molecule has 0 bridgehead atoms. The molecule has 1 unspecified atom stereocenters. The van der Waals surface area contributed by atoms with Crippen molar-refractivity contribution in [3.8, 4) is 5.75 Å². The van der Waals surface area contributed by atoms with E-state index in [2.05, 4.69) is 45.3 Å². The quantitative estimate of drug-likeness (QED) is 0.589. The first-order chi connectivity index (χ1) is 10.1. The number of ether oxygens (including phenoxy) is 1. The Kier molecular flexibility index (Phi) is 8.44. The van der Waals surface area contributed by atoms with Crippen molar-refractivity contribution in [3.63, 3.8) is 0 Å². The zero-order valence-corrected chi connectivity index (χ0v) is 14.6. The van der Waals surface area contributed by atoms with E-state index in [4.69, 9.17) is 4.74 Å². The molecule has 120 valence electrons. The number of hydrogen-bond acceptors (Lipinski definition) is 2. The summed E-state index contributed by atoms with van der Waals surface area (Å²) in [7, 11) is 3.83. The van der Waals surface area contributed by atoms with Gasteiger partial charge >= 0.3 is 0 Å². The van der Waals surface area contributed by atoms with Crippen LogP contribution in [0.2, 0.25) is 0 Å². The lowest BCUT2D eigenvalue weighted by Gasteiger charge is -2.22. The van der Waals surface area contributed by atoms with Gasteiger partial charge in [0.05, 0.1) is 7.11 Å². The van der Waals surface area contributed by atoms with Crippen molar-refractivity contribution < 1.29 is 4.74 Å². The lowest BCUT2D eigenvalue weighted by molar-refractivity contribution is 0.395. The van der Waals surface area contributed by atoms with E-state index in [1.54, 1.807) is 7.11 Å². The van der Waals surface area contributed by atoms with Crippen LogP contribution in [0, 0.1) is 13.8 Å². The second-order valence-electron chi connectivity index (χ2n) is 6.10. The van der Waals surface area contributed by atoms with Crippen molar-refractivity contribution in [3.05, 3.63) is 28.8 Å². The summed E-state index contributed by atoms with van der Waals surface area (Å²) in [5.41, 5.74) is 3.93. The van der Waals surface area contributed by atoms with Gasteiger partial charge in [-0.05, 0) is 44.5 Å². The Labute approximate surface area is 131 Å². The maximum absolute atomic E-state index is 5.61. The number of aryl methyl sites for hydroxylation is 2. The lowest BCUT2D eigenvalue weighted by atomic mass is 9.94. The highest BCUT2D eigenvalue weighted by Crippen LogP contribution is 2.32. The van der Waals surface area contributed by atoms with Crippen molar-refractivity contribution in [2.75, 3.05) is 14.2 Å². The molecule has 0 fully saturated rings. The maximum Gasteiger partial charge on any atom is 0.124 e. The Morgan fingerprint density at radius 2 is 1.71 bits per heavy atom. The zero-order chi connectivity index (χ0) is 15.7. The maximum atomic E-state index is 5.61. The molecule has 0 spiro atoms. The van der Waals surface area contributed by atoms with E-state index in [1.807, 2.05) is 0 Å². The normalized spacial score (nSPS) is 12.4. The van der Waals surface area contributed by atoms with Crippen molar-refractivity contribution in [2.45, 2.75) is 71.8 Å². The highest BCUT2D eigenvalue weighted by atomic mass is 16.5. The number of nitrogens with one attached hydrogen (secondary N) is 1. The van der Waals surface area contributed by atoms with Crippen LogP contribution in [0.3, 0.4) is 0 Å². The van der Waals surface area contributed by atoms with Gasteiger partial charge in [0.25, 0.3) is 0 Å². The molecule has 21 heavy (non-hydrogen) atoms. The van der Waals surface area contributed by atoms with Crippen molar-refractivity contribution in [1.29, 1.82) is 0 Å². The Bertz CT molecular complexity index is 414. The molecule has 0 saturated heterocycles. The zero-order valence-electron chi connectivity index (χ0n) is 14.6. The topological polar surface area (TPSA) is 21.3 Å². The number of hydrogen-bond donors (Lipinski definition) is 1. The van der Waals surface area contributed by atoms with Gasteiger partial charge in [0.15, 0.2) is 0 Å². The van der Waals surface area contributed by atoms with Crippen LogP contribution in [0.25, 0.3) is 0 Å². The minimum Gasteiger partial charge on any atom is -0.496 e. The molecule has 0 aliphatic rings. The van der Waals surface area contributed by atoms with Crippen LogP contribution < -0.4 is 10.1 Å². The smallest absolute Gasteiger partial charge is 0.124 e. The number of benzene rings is 1. The average Bonchev–Trinajstić information content (AvgIpc) is 2.47. The molecule has 0 amide bonds. The third-order valence-electron chi connectivity index (χ3n) is 4.26. The fourth-order valence-corrected chi connectivity index (χ4v) is 3.12. The molecule has 2 heteroatoms. The van der Waals surface area contributed by atoms with Gasteiger partial charge in [-0.25, -0.2) is 0 Å². The van der Waals surface area contributed by atoms with E-state index in [0.29, 0.717) is 6.04 Å². The first-order valence-electron chi connectivity index (χ1n) is 8.46. The average molecular weight is 291 g/mol. The summed E-state index contributed by atoms with van der Waals surface area (Å²) in [6.45, 7) is 6.58. The van der Waals surface area contributed by atoms with Gasteiger partial charge in [-0.15, -0.1) is 0 Å². The molecule has 2 nitrogen and oxygen atoms in total. The van der Waals surface area contributed by atoms with E-state index in [-0.39, 0.29) is 0 Å². The van der Waals surface area contributed by atoms with E-state index in [1.165, 1.54) is 61.6 Å². The first-order valence-corrected chi connectivity index (χ1v) is 8.46. The summed E-state index contributed by atoms with van der Waals surface area (Å²) >= 11 is 0. The third-order valence-corrected chi connectivity index (χ3v) is 4.26. The van der Waals surface area contributed by atoms with Gasteiger partial charge in [-0.3, -0.25) is 0 Å². The van der Waals surface area contributed by atoms with Crippen LogP contribution >= 0.6 is 0 Å². The van der Waals surface area contributed by atoms with Crippen molar-refractivity contribution >= 4 is 0 Å². The van der Waals surface area contributed by atoms with E-state index < -0.39 is 0 Å². The molecule has 0 aliphatic carbocycles. The number of unbranched alkanes of at least 4 members (excludes halogenated alkanes) is 5. The molecule has 0 aliphatic heterocycles. The second kappa shape index (κ2) is 9.83. The van der Waals surface area contributed by atoms with Crippen molar-refractivity contribution in [2.24, 2.45) is 0 Å². The third kappa shape index (κ3) is 5.70. The summed E-state index contributed by atoms with van der Waals surface area (Å²) < 4.78 is 5.61. The first kappa shape index (κ1) is 18.0. The molecule has 1 aromatic rings. The van der Waals surface area contributed by atoms with Crippen LogP contribution in [-0.2, 0) is 0 Å². The molecule has 1 N–H and O–H groups in total. The molecule has 0 aromatic heterocycles. The highest BCUT2D eigenvalue weighted by Gasteiger charge is 2.17. The Balaban J connectivity index is 2.63. The largest absolute Gasteiger partial charge is 0.496 e. The number of rotatable bonds is 10. The molecule has 1 rings (SSSR count). The van der Waals surface area contributed by atoms with Crippen LogP contribution in [-0.4, -0.2) is 14.2 Å². The van der Waals surface area contributed by atoms with E-state index in [9.17, 15) is 0 Å². The van der Waals surface area contributed by atoms with Crippen LogP contribution in [0.4, 0.5) is 0 Å². The van der Waals surface area contributed by atoms with E-state index in [0.717, 1.165) is 5.75 Å². The summed E-state index contributed by atoms with van der Waals surface area (Å²) in [5.74, 6) is 1.03. The molecule has 0 radical (unpaired) electrons. The highest BCUT2D eigenvalue weighted by molar-refractivity contribution is 5.45. The van der Waals surface area contributed by atoms with E-state index >= 15 is 0 Å². The van der Waals surface area contributed by atoms with Crippen LogP contribution in [0.1, 0.15) is 74.6 Å². The van der Waals surface area contributed by atoms with Gasteiger partial charge < -0.3 is 10.1 Å². The number of methoxy groups -OCH3 is 1. The van der Waals surface area contributed by atoms with Gasteiger partial charge in [-0.2, -0.15) is 0 Å². The lowest BCUT2D eigenvalue weighted by Crippen LogP contribution is -2.18. The molecule has 1 atom stereocenters. The summed E-state index contributed by atoms with van der Waals surface area (Å²) in [5, 5.41) is 3.48. The summed E-state index contributed by atoms with van der Waals surface area (Å²) in [6.07, 6.45) is 9.25. The monoisotopic (exact) mass is 291 g/mol. The Morgan fingerprint density at radius 1 is 1.05 bits per heavy atom. The Hall–Kier alpha value is -1.02. The fourth-order valence-electron chi connectivity index (χ4n) is 3.12. The summed E-state index contributed by atoms with van der Waals surface area (Å²) in [4.78, 5) is 0. The SMILES string of the molecule is CCCCCCCCC(NC)c1c(C)cc(C)cc1OC. The second-order valence-corrected chi connectivity index (χ2v) is 6.10.